The van der Waals surface area contributed by atoms with E-state index >= 15 is 0 Å². The van der Waals surface area contributed by atoms with E-state index in [4.69, 9.17) is 8.83 Å². The van der Waals surface area contributed by atoms with Crippen LogP contribution in [-0.2, 0) is 13.0 Å². The Kier molecular flexibility index (Phi) is 6.47. The van der Waals surface area contributed by atoms with E-state index in [-0.39, 0.29) is 11.9 Å². The molecule has 2 unspecified atom stereocenters. The fourth-order valence-corrected chi connectivity index (χ4v) is 4.53. The van der Waals surface area contributed by atoms with Crippen LogP contribution < -0.4 is 10.2 Å². The van der Waals surface area contributed by atoms with Crippen molar-refractivity contribution in [3.63, 3.8) is 0 Å². The molecule has 2 atom stereocenters. The summed E-state index contributed by atoms with van der Waals surface area (Å²) < 4.78 is 11.4. The fraction of sp³-hybridized carbons (Fsp3) is 0.400. The number of carbonyl (C=O) groups is 1. The standard InChI is InChI=1S/C25H31N3O3/c1-4-27(5-2)22(23-11-8-13-30-23)16-26-25(29)20-12-14-31-24(20)17-28-18(3)15-19-9-6-7-10-21(19)28/h6-14,18,22H,4-5,15-17H2,1-3H3,(H,26,29). The number of anilines is 1. The summed E-state index contributed by atoms with van der Waals surface area (Å²) in [5.41, 5.74) is 3.15. The van der Waals surface area contributed by atoms with Gasteiger partial charge >= 0.3 is 0 Å². The summed E-state index contributed by atoms with van der Waals surface area (Å²) >= 11 is 0. The molecule has 2 aromatic heterocycles. The summed E-state index contributed by atoms with van der Waals surface area (Å²) in [6, 6.07) is 14.4. The van der Waals surface area contributed by atoms with Gasteiger partial charge in [0.15, 0.2) is 0 Å². The second kappa shape index (κ2) is 9.43. The molecule has 0 saturated heterocycles. The lowest BCUT2D eigenvalue weighted by Gasteiger charge is -2.28. The summed E-state index contributed by atoms with van der Waals surface area (Å²) in [7, 11) is 0. The number of hydrogen-bond acceptors (Lipinski definition) is 5. The van der Waals surface area contributed by atoms with Crippen LogP contribution in [0.3, 0.4) is 0 Å². The minimum absolute atomic E-state index is 0.00483. The number of benzene rings is 1. The summed E-state index contributed by atoms with van der Waals surface area (Å²) in [4.78, 5) is 17.7. The number of carbonyl (C=O) groups excluding carboxylic acids is 1. The molecule has 0 aliphatic carbocycles. The molecule has 3 heterocycles. The maximum Gasteiger partial charge on any atom is 0.254 e. The third-order valence-corrected chi connectivity index (χ3v) is 6.23. The summed E-state index contributed by atoms with van der Waals surface area (Å²) in [5, 5.41) is 3.10. The highest BCUT2D eigenvalue weighted by atomic mass is 16.3. The van der Waals surface area contributed by atoms with Crippen molar-refractivity contribution in [2.24, 2.45) is 0 Å². The molecule has 164 valence electrons. The van der Waals surface area contributed by atoms with E-state index in [1.165, 1.54) is 11.3 Å². The minimum atomic E-state index is -0.118. The first-order valence-electron chi connectivity index (χ1n) is 11.1. The quantitative estimate of drug-likeness (QED) is 0.546. The van der Waals surface area contributed by atoms with Gasteiger partial charge in [-0.2, -0.15) is 0 Å². The van der Waals surface area contributed by atoms with Gasteiger partial charge in [-0.05, 0) is 56.3 Å². The second-order valence-corrected chi connectivity index (χ2v) is 8.03. The maximum absolute atomic E-state index is 13.1. The van der Waals surface area contributed by atoms with E-state index in [0.717, 1.165) is 25.3 Å². The largest absolute Gasteiger partial charge is 0.468 e. The summed E-state index contributed by atoms with van der Waals surface area (Å²) in [5.74, 6) is 1.44. The number of likely N-dealkylation sites (N-methyl/N-ethyl adjacent to an activating group) is 1. The van der Waals surface area contributed by atoms with E-state index in [1.54, 1.807) is 18.6 Å². The third kappa shape index (κ3) is 4.39. The number of nitrogens with one attached hydrogen (secondary N) is 1. The highest BCUT2D eigenvalue weighted by Gasteiger charge is 2.28. The monoisotopic (exact) mass is 421 g/mol. The Morgan fingerprint density at radius 3 is 2.68 bits per heavy atom. The Bertz CT molecular complexity index is 991. The van der Waals surface area contributed by atoms with Crippen LogP contribution in [0.5, 0.6) is 0 Å². The van der Waals surface area contributed by atoms with Crippen LogP contribution in [0.1, 0.15) is 54.3 Å². The van der Waals surface area contributed by atoms with Crippen molar-refractivity contribution in [1.29, 1.82) is 0 Å². The molecule has 31 heavy (non-hydrogen) atoms. The van der Waals surface area contributed by atoms with Gasteiger partial charge in [0, 0.05) is 18.3 Å². The SMILES string of the molecule is CCN(CC)C(CNC(=O)c1ccoc1CN1c2ccccc2CC1C)c1ccco1. The Balaban J connectivity index is 1.46. The zero-order valence-corrected chi connectivity index (χ0v) is 18.5. The predicted molar refractivity (Wildman–Crippen MR) is 121 cm³/mol. The second-order valence-electron chi connectivity index (χ2n) is 8.03. The first-order chi connectivity index (χ1) is 15.1. The lowest BCUT2D eigenvalue weighted by Crippen LogP contribution is -2.38. The fourth-order valence-electron chi connectivity index (χ4n) is 4.53. The van der Waals surface area contributed by atoms with Crippen LogP contribution in [0.2, 0.25) is 0 Å². The molecule has 1 aliphatic heterocycles. The van der Waals surface area contributed by atoms with Crippen molar-refractivity contribution in [1.82, 2.24) is 10.2 Å². The van der Waals surface area contributed by atoms with Crippen LogP contribution in [0.15, 0.2) is 63.8 Å². The highest BCUT2D eigenvalue weighted by Crippen LogP contribution is 2.33. The Morgan fingerprint density at radius 1 is 1.13 bits per heavy atom. The third-order valence-electron chi connectivity index (χ3n) is 6.23. The number of rotatable bonds is 9. The number of amides is 1. The van der Waals surface area contributed by atoms with E-state index in [2.05, 4.69) is 60.2 Å². The van der Waals surface area contributed by atoms with Crippen molar-refractivity contribution >= 4 is 11.6 Å². The zero-order valence-electron chi connectivity index (χ0n) is 18.5. The van der Waals surface area contributed by atoms with Crippen LogP contribution in [0, 0.1) is 0 Å². The lowest BCUT2D eigenvalue weighted by molar-refractivity contribution is 0.0927. The van der Waals surface area contributed by atoms with Crippen molar-refractivity contribution in [3.05, 3.63) is 77.6 Å². The molecular formula is C25H31N3O3. The molecule has 0 saturated carbocycles. The molecule has 4 rings (SSSR count). The van der Waals surface area contributed by atoms with E-state index in [1.807, 2.05) is 12.1 Å². The van der Waals surface area contributed by atoms with Gasteiger partial charge in [0.1, 0.15) is 11.5 Å². The van der Waals surface area contributed by atoms with E-state index in [9.17, 15) is 4.79 Å². The molecule has 3 aromatic rings. The van der Waals surface area contributed by atoms with Crippen molar-refractivity contribution in [2.45, 2.75) is 45.8 Å². The molecule has 1 aliphatic rings. The molecule has 0 bridgehead atoms. The van der Waals surface area contributed by atoms with Crippen molar-refractivity contribution in [2.75, 3.05) is 24.5 Å². The summed E-state index contributed by atoms with van der Waals surface area (Å²) in [6.07, 6.45) is 4.29. The molecule has 0 radical (unpaired) electrons. The van der Waals surface area contributed by atoms with Crippen LogP contribution in [-0.4, -0.2) is 36.5 Å². The molecule has 0 spiro atoms. The van der Waals surface area contributed by atoms with Crippen molar-refractivity contribution < 1.29 is 13.6 Å². The van der Waals surface area contributed by atoms with Crippen LogP contribution >= 0.6 is 0 Å². The normalized spacial score (nSPS) is 16.5. The number of para-hydroxylation sites is 1. The van der Waals surface area contributed by atoms with Gasteiger partial charge in [-0.15, -0.1) is 0 Å². The molecular weight excluding hydrogens is 390 g/mol. The molecule has 6 nitrogen and oxygen atoms in total. The van der Waals surface area contributed by atoms with Gasteiger partial charge in [0.2, 0.25) is 0 Å². The average molecular weight is 422 g/mol. The number of furan rings is 2. The topological polar surface area (TPSA) is 61.9 Å². The lowest BCUT2D eigenvalue weighted by atomic mass is 10.1. The van der Waals surface area contributed by atoms with Gasteiger partial charge in [0.05, 0.1) is 30.7 Å². The smallest absolute Gasteiger partial charge is 0.254 e. The molecule has 0 fully saturated rings. The number of nitrogens with zero attached hydrogens (tertiary/aromatic N) is 2. The number of fused-ring (bicyclic) bond motifs is 1. The predicted octanol–water partition coefficient (Wildman–Crippen LogP) is 4.64. The van der Waals surface area contributed by atoms with Crippen LogP contribution in [0.25, 0.3) is 0 Å². The Hall–Kier alpha value is -2.99. The van der Waals surface area contributed by atoms with Gasteiger partial charge in [-0.3, -0.25) is 9.69 Å². The first kappa shape index (κ1) is 21.2. The van der Waals surface area contributed by atoms with E-state index in [0.29, 0.717) is 30.5 Å². The molecule has 1 amide bonds. The molecule has 6 heteroatoms. The van der Waals surface area contributed by atoms with Gasteiger partial charge in [-0.1, -0.05) is 32.0 Å². The minimum Gasteiger partial charge on any atom is -0.468 e. The van der Waals surface area contributed by atoms with E-state index < -0.39 is 0 Å². The molecule has 1 aromatic carbocycles. The van der Waals surface area contributed by atoms with Gasteiger partial charge < -0.3 is 19.1 Å². The average Bonchev–Trinajstić information content (AvgIpc) is 3.52. The van der Waals surface area contributed by atoms with Gasteiger partial charge in [0.25, 0.3) is 5.91 Å². The Labute approximate surface area is 183 Å². The van der Waals surface area contributed by atoms with Gasteiger partial charge in [-0.25, -0.2) is 0 Å². The zero-order chi connectivity index (χ0) is 21.8. The maximum atomic E-state index is 13.1. The molecule has 1 N–H and O–H groups in total. The van der Waals surface area contributed by atoms with Crippen molar-refractivity contribution in [3.8, 4) is 0 Å². The summed E-state index contributed by atoms with van der Waals surface area (Å²) in [6.45, 7) is 9.24. The van der Waals surface area contributed by atoms with Crippen LogP contribution in [0.4, 0.5) is 5.69 Å². The first-order valence-corrected chi connectivity index (χ1v) is 11.1. The highest BCUT2D eigenvalue weighted by molar-refractivity contribution is 5.95. The Morgan fingerprint density at radius 2 is 1.94 bits per heavy atom. The number of hydrogen-bond donors (Lipinski definition) is 1.